The highest BCUT2D eigenvalue weighted by Gasteiger charge is 2.15. The lowest BCUT2D eigenvalue weighted by molar-refractivity contribution is 0.626. The van der Waals surface area contributed by atoms with E-state index in [4.69, 9.17) is 0 Å². The maximum atomic E-state index is 14.2. The van der Waals surface area contributed by atoms with Gasteiger partial charge in [0.2, 0.25) is 0 Å². The second-order valence-electron chi connectivity index (χ2n) is 7.96. The molecule has 0 fully saturated rings. The lowest BCUT2D eigenvalue weighted by Gasteiger charge is -2.06. The van der Waals surface area contributed by atoms with Crippen molar-refractivity contribution in [2.24, 2.45) is 0 Å². The summed E-state index contributed by atoms with van der Waals surface area (Å²) >= 11 is 0. The van der Waals surface area contributed by atoms with Gasteiger partial charge in [0.1, 0.15) is 5.82 Å². The fourth-order valence-corrected chi connectivity index (χ4v) is 4.23. The number of fused-ring (bicyclic) bond motifs is 2. The summed E-state index contributed by atoms with van der Waals surface area (Å²) < 4.78 is 14.2. The number of aromatic nitrogens is 6. The molecule has 0 amide bonds. The maximum absolute atomic E-state index is 14.2. The number of benzene rings is 1. The highest BCUT2D eigenvalue weighted by Crippen LogP contribution is 2.34. The molecule has 7 heteroatoms. The number of aryl methyl sites for hydroxylation is 1. The molecule has 160 valence electrons. The lowest BCUT2D eigenvalue weighted by Crippen LogP contribution is -1.88. The molecule has 2 N–H and O–H groups in total. The number of rotatable bonds is 4. The minimum absolute atomic E-state index is 0.244. The van der Waals surface area contributed by atoms with Crippen LogP contribution in [0.1, 0.15) is 12.5 Å². The van der Waals surface area contributed by atoms with Crippen LogP contribution in [0, 0.1) is 5.82 Å². The largest absolute Gasteiger partial charge is 0.352 e. The van der Waals surface area contributed by atoms with Gasteiger partial charge in [0.15, 0.2) is 5.65 Å². The minimum atomic E-state index is -0.244. The summed E-state index contributed by atoms with van der Waals surface area (Å²) in [5.41, 5.74) is 7.86. The van der Waals surface area contributed by atoms with Crippen LogP contribution < -0.4 is 0 Å². The van der Waals surface area contributed by atoms with Crippen LogP contribution in [-0.4, -0.2) is 30.1 Å². The van der Waals surface area contributed by atoms with Crippen molar-refractivity contribution in [3.05, 3.63) is 84.8 Å². The topological polar surface area (TPSA) is 83.1 Å². The molecule has 0 unspecified atom stereocenters. The highest BCUT2D eigenvalue weighted by atomic mass is 19.1. The molecule has 6 rings (SSSR count). The molecule has 1 aromatic carbocycles. The van der Waals surface area contributed by atoms with Crippen molar-refractivity contribution in [1.82, 2.24) is 30.1 Å². The number of halogens is 1. The van der Waals surface area contributed by atoms with E-state index in [2.05, 4.69) is 42.3 Å². The zero-order chi connectivity index (χ0) is 22.4. The normalized spacial score (nSPS) is 11.5. The molecule has 33 heavy (non-hydrogen) atoms. The predicted octanol–water partition coefficient (Wildman–Crippen LogP) is 5.93. The van der Waals surface area contributed by atoms with E-state index in [1.807, 2.05) is 31.3 Å². The van der Waals surface area contributed by atoms with Crippen molar-refractivity contribution in [1.29, 1.82) is 0 Å². The summed E-state index contributed by atoms with van der Waals surface area (Å²) in [6, 6.07) is 13.2. The van der Waals surface area contributed by atoms with Gasteiger partial charge >= 0.3 is 0 Å². The predicted molar refractivity (Wildman–Crippen MR) is 127 cm³/mol. The summed E-state index contributed by atoms with van der Waals surface area (Å²) in [5, 5.41) is 9.37. The number of hydrogen-bond donors (Lipinski definition) is 2. The van der Waals surface area contributed by atoms with Gasteiger partial charge in [-0.15, -0.1) is 0 Å². The van der Waals surface area contributed by atoms with Crippen LogP contribution in [0.3, 0.4) is 0 Å². The van der Waals surface area contributed by atoms with Crippen molar-refractivity contribution in [2.45, 2.75) is 13.3 Å². The average molecular weight is 434 g/mol. The third kappa shape index (κ3) is 3.34. The van der Waals surface area contributed by atoms with Crippen molar-refractivity contribution in [3.8, 4) is 33.6 Å². The fourth-order valence-electron chi connectivity index (χ4n) is 4.23. The Morgan fingerprint density at radius 1 is 0.848 bits per heavy atom. The first kappa shape index (κ1) is 19.3. The standard InChI is InChI=1S/C26H19FN6/c1-2-15-7-17(9-19(27)8-15)22-13-29-14-24-20(22)11-23(31-24)25-21-10-18(12-30-26(21)33-32-25)16-3-5-28-6-4-16/h3-14,31H,2H2,1H3,(H,30,32,33). The van der Waals surface area contributed by atoms with Gasteiger partial charge in [-0.1, -0.05) is 13.0 Å². The number of H-pyrrole nitrogens is 2. The van der Waals surface area contributed by atoms with Crippen molar-refractivity contribution in [2.75, 3.05) is 0 Å². The second kappa shape index (κ2) is 7.63. The molecule has 0 spiro atoms. The Morgan fingerprint density at radius 2 is 1.73 bits per heavy atom. The van der Waals surface area contributed by atoms with E-state index in [0.29, 0.717) is 5.65 Å². The Hall–Kier alpha value is -4.39. The average Bonchev–Trinajstić information content (AvgIpc) is 3.47. The van der Waals surface area contributed by atoms with Gasteiger partial charge in [0.05, 0.1) is 23.1 Å². The van der Waals surface area contributed by atoms with Gasteiger partial charge < -0.3 is 4.98 Å². The molecule has 0 saturated carbocycles. The molecular weight excluding hydrogens is 415 g/mol. The first-order chi connectivity index (χ1) is 16.2. The van der Waals surface area contributed by atoms with E-state index in [1.54, 1.807) is 36.9 Å². The van der Waals surface area contributed by atoms with Crippen LogP contribution in [0.25, 0.3) is 55.6 Å². The first-order valence-corrected chi connectivity index (χ1v) is 10.7. The Balaban J connectivity index is 1.50. The van der Waals surface area contributed by atoms with Crippen LogP contribution in [0.15, 0.2) is 73.4 Å². The fraction of sp³-hybridized carbons (Fsp3) is 0.0769. The Kier molecular flexibility index (Phi) is 4.47. The van der Waals surface area contributed by atoms with E-state index in [9.17, 15) is 4.39 Å². The van der Waals surface area contributed by atoms with Gasteiger partial charge in [-0.3, -0.25) is 15.1 Å². The molecule has 6 aromatic rings. The molecule has 5 heterocycles. The summed E-state index contributed by atoms with van der Waals surface area (Å²) in [7, 11) is 0. The third-order valence-electron chi connectivity index (χ3n) is 5.92. The summed E-state index contributed by atoms with van der Waals surface area (Å²) in [6.07, 6.45) is 9.66. The molecule has 5 aromatic heterocycles. The van der Waals surface area contributed by atoms with Gasteiger partial charge in [-0.05, 0) is 59.5 Å². The van der Waals surface area contributed by atoms with Crippen LogP contribution in [0.2, 0.25) is 0 Å². The monoisotopic (exact) mass is 434 g/mol. The van der Waals surface area contributed by atoms with Gasteiger partial charge in [0.25, 0.3) is 0 Å². The van der Waals surface area contributed by atoms with Crippen molar-refractivity contribution >= 4 is 21.9 Å². The van der Waals surface area contributed by atoms with Crippen LogP contribution >= 0.6 is 0 Å². The van der Waals surface area contributed by atoms with Crippen molar-refractivity contribution in [3.63, 3.8) is 0 Å². The highest BCUT2D eigenvalue weighted by molar-refractivity contribution is 6.00. The molecule has 0 aliphatic rings. The maximum Gasteiger partial charge on any atom is 0.181 e. The lowest BCUT2D eigenvalue weighted by atomic mass is 10.0. The quantitative estimate of drug-likeness (QED) is 0.360. The summed E-state index contributed by atoms with van der Waals surface area (Å²) in [5.74, 6) is -0.244. The van der Waals surface area contributed by atoms with Gasteiger partial charge in [0, 0.05) is 46.7 Å². The van der Waals surface area contributed by atoms with Crippen LogP contribution in [0.4, 0.5) is 4.39 Å². The SMILES string of the molecule is CCc1cc(F)cc(-c2cncc3[nH]c(-c4[nH]nc5ncc(-c6ccncc6)cc45)cc23)c1. The zero-order valence-electron chi connectivity index (χ0n) is 17.8. The van der Waals surface area contributed by atoms with E-state index < -0.39 is 0 Å². The van der Waals surface area contributed by atoms with Gasteiger partial charge in [-0.2, -0.15) is 5.10 Å². The third-order valence-corrected chi connectivity index (χ3v) is 5.92. The number of nitrogens with one attached hydrogen (secondary N) is 2. The van der Waals surface area contributed by atoms with E-state index >= 15 is 0 Å². The smallest absolute Gasteiger partial charge is 0.181 e. The van der Waals surface area contributed by atoms with Gasteiger partial charge in [-0.25, -0.2) is 9.37 Å². The number of nitrogens with zero attached hydrogens (tertiary/aromatic N) is 4. The Labute approximate surface area is 188 Å². The Bertz CT molecular complexity index is 1620. The molecule has 0 saturated heterocycles. The Morgan fingerprint density at radius 3 is 2.58 bits per heavy atom. The zero-order valence-corrected chi connectivity index (χ0v) is 17.8. The molecule has 0 bridgehead atoms. The molecule has 0 aliphatic heterocycles. The van der Waals surface area contributed by atoms with Crippen LogP contribution in [0.5, 0.6) is 0 Å². The number of aromatic amines is 2. The van der Waals surface area contributed by atoms with Crippen molar-refractivity contribution < 1.29 is 4.39 Å². The number of hydrogen-bond acceptors (Lipinski definition) is 4. The second-order valence-corrected chi connectivity index (χ2v) is 7.96. The van der Waals surface area contributed by atoms with E-state index in [0.717, 1.165) is 61.9 Å². The van der Waals surface area contributed by atoms with E-state index in [-0.39, 0.29) is 5.82 Å². The first-order valence-electron chi connectivity index (χ1n) is 10.7. The summed E-state index contributed by atoms with van der Waals surface area (Å²) in [4.78, 5) is 16.4. The van der Waals surface area contributed by atoms with E-state index in [1.165, 1.54) is 0 Å². The molecule has 0 radical (unpaired) electrons. The van der Waals surface area contributed by atoms with Crippen LogP contribution in [-0.2, 0) is 6.42 Å². The molecular formula is C26H19FN6. The minimum Gasteiger partial charge on any atom is -0.352 e. The summed E-state index contributed by atoms with van der Waals surface area (Å²) in [6.45, 7) is 2.02. The molecule has 0 aliphatic carbocycles. The number of pyridine rings is 3. The molecule has 6 nitrogen and oxygen atoms in total. The molecule has 0 atom stereocenters.